The number of rotatable bonds is 15. The van der Waals surface area contributed by atoms with Gasteiger partial charge in [0.25, 0.3) is 0 Å². The Balaban J connectivity index is 1.44. The summed E-state index contributed by atoms with van der Waals surface area (Å²) in [6, 6.07) is 3.83. The molecule has 7 N–H and O–H groups in total. The summed E-state index contributed by atoms with van der Waals surface area (Å²) in [5, 5.41) is 66.0. The molecule has 19 nitrogen and oxygen atoms in total. The number of carbonyl (C=O) groups is 2. The summed E-state index contributed by atoms with van der Waals surface area (Å²) in [7, 11) is 6.83. The van der Waals surface area contributed by atoms with Gasteiger partial charge in [0, 0.05) is 62.9 Å². The van der Waals surface area contributed by atoms with Gasteiger partial charge in [0.1, 0.15) is 30.0 Å². The fourth-order valence-electron chi connectivity index (χ4n) is 11.6. The molecule has 3 saturated heterocycles. The van der Waals surface area contributed by atoms with Crippen molar-refractivity contribution in [2.24, 2.45) is 17.8 Å². The first-order valence-corrected chi connectivity index (χ1v) is 26.4. The van der Waals surface area contributed by atoms with Gasteiger partial charge in [-0.15, -0.1) is 0 Å². The molecule has 5 rings (SSSR count). The molecule has 1 aliphatic carbocycles. The molecule has 4 aliphatic rings. The SMILES string of the molecule is CC[C@H]1OC(=O)[C@H](C)[C@@H](O[C@H]2C[C@@](C)(OC)[C@@H](O)[C@H](C)O2)[C@H](C)[C@@H](O[C@@H]2O[C@H](C)C[C@H](N(C)C)[C@H]2O)[C@](C)(O)C[C@@H](C)CN(CCCNC(=O)Nc2ccc(OC)c(OC3CCCC3)c2)[C@H](C)[C@@H](O)[C@]1(C)O. The third-order valence-corrected chi connectivity index (χ3v) is 16.0. The number of carbonyl (C=O) groups excluding carboxylic acids is 2. The number of urea groups is 1. The molecule has 3 aliphatic heterocycles. The Labute approximate surface area is 428 Å². The van der Waals surface area contributed by atoms with Gasteiger partial charge in [-0.05, 0) is 132 Å². The second-order valence-electron chi connectivity index (χ2n) is 22.3. The quantitative estimate of drug-likeness (QED) is 0.0922. The fraction of sp³-hybridized carbons (Fsp3) is 0.849. The van der Waals surface area contributed by atoms with E-state index in [1.165, 1.54) is 14.0 Å². The Bertz CT molecular complexity index is 1870. The Morgan fingerprint density at radius 2 is 1.61 bits per heavy atom. The van der Waals surface area contributed by atoms with Gasteiger partial charge in [0.2, 0.25) is 0 Å². The van der Waals surface area contributed by atoms with Gasteiger partial charge in [0.05, 0.1) is 54.7 Å². The number of ether oxygens (including phenoxy) is 8. The van der Waals surface area contributed by atoms with E-state index >= 15 is 0 Å². The zero-order valence-corrected chi connectivity index (χ0v) is 45.7. The lowest BCUT2D eigenvalue weighted by molar-refractivity contribution is -0.318. The zero-order valence-electron chi connectivity index (χ0n) is 45.7. The summed E-state index contributed by atoms with van der Waals surface area (Å²) < 4.78 is 49.9. The first kappa shape index (κ1) is 60.0. The number of anilines is 1. The average molecular weight is 1030 g/mol. The lowest BCUT2D eigenvalue weighted by Crippen LogP contribution is -2.60. The van der Waals surface area contributed by atoms with E-state index < -0.39 is 102 Å². The van der Waals surface area contributed by atoms with Gasteiger partial charge in [-0.25, -0.2) is 4.79 Å². The van der Waals surface area contributed by atoms with Gasteiger partial charge in [-0.2, -0.15) is 0 Å². The summed E-state index contributed by atoms with van der Waals surface area (Å²) in [4.78, 5) is 31.8. The second kappa shape index (κ2) is 25.7. The first-order valence-electron chi connectivity index (χ1n) is 26.4. The van der Waals surface area contributed by atoms with E-state index in [2.05, 4.69) is 10.6 Å². The van der Waals surface area contributed by atoms with Crippen molar-refractivity contribution in [3.8, 4) is 11.5 Å². The summed E-state index contributed by atoms with van der Waals surface area (Å²) in [6.45, 7) is 18.4. The molecule has 0 radical (unpaired) electrons. The Hall–Kier alpha value is -2.92. The van der Waals surface area contributed by atoms with Gasteiger partial charge < -0.3 is 79.0 Å². The Kier molecular flexibility index (Phi) is 21.4. The second-order valence-corrected chi connectivity index (χ2v) is 22.3. The summed E-state index contributed by atoms with van der Waals surface area (Å²) >= 11 is 0. The normalized spacial score (nSPS) is 40.2. The predicted molar refractivity (Wildman–Crippen MR) is 271 cm³/mol. The zero-order chi connectivity index (χ0) is 53.5. The van der Waals surface area contributed by atoms with Gasteiger partial charge in [-0.3, -0.25) is 9.69 Å². The number of aliphatic hydroxyl groups is 5. The molecule has 414 valence electrons. The molecule has 0 spiro atoms. The van der Waals surface area contributed by atoms with Crippen LogP contribution in [-0.2, 0) is 33.2 Å². The van der Waals surface area contributed by atoms with E-state index in [0.29, 0.717) is 43.1 Å². The lowest BCUT2D eigenvalue weighted by atomic mass is 9.77. The fourth-order valence-corrected chi connectivity index (χ4v) is 11.6. The number of hydrogen-bond acceptors (Lipinski definition) is 17. The van der Waals surface area contributed by atoms with E-state index in [1.807, 2.05) is 44.7 Å². The van der Waals surface area contributed by atoms with E-state index in [-0.39, 0.29) is 50.0 Å². The van der Waals surface area contributed by atoms with Crippen molar-refractivity contribution in [1.82, 2.24) is 15.1 Å². The van der Waals surface area contributed by atoms with Crippen molar-refractivity contribution < 1.29 is 73.0 Å². The molecular weight excluding hydrogens is 933 g/mol. The minimum Gasteiger partial charge on any atom is -0.493 e. The molecule has 1 saturated carbocycles. The third kappa shape index (κ3) is 14.7. The van der Waals surface area contributed by atoms with Crippen molar-refractivity contribution in [3.63, 3.8) is 0 Å². The van der Waals surface area contributed by atoms with Gasteiger partial charge >= 0.3 is 12.0 Å². The molecule has 72 heavy (non-hydrogen) atoms. The average Bonchev–Trinajstić information content (AvgIpc) is 3.84. The van der Waals surface area contributed by atoms with Crippen LogP contribution in [0.4, 0.5) is 10.5 Å². The number of amides is 2. The van der Waals surface area contributed by atoms with Crippen LogP contribution in [0.15, 0.2) is 18.2 Å². The standard InChI is InChI=1S/C53H92N4O15/c1-15-41-53(10,64)45(59)34(6)57(24-18-23-54-50(62)55-36-21-22-39(65-13)40(26-36)69-37-19-16-17-20-37)29-30(2)27-51(8,63)47(72-49-43(58)38(56(11)12)25-31(3)67-49)32(4)44(33(5)48(61)70-41)71-42-28-52(9,66-14)46(60)35(7)68-42/h21-22,26,30-35,37-38,41-47,49,58-60,63-64H,15-20,23-25,27-29H2,1-14H3,(H2,54,55,62)/t30-,31-,32+,33-,34-,35+,38+,41-,42+,43-,44+,45-,46+,47-,49+,51-,52-,53-/m1/s1. The summed E-state index contributed by atoms with van der Waals surface area (Å²) in [5.74, 6) is -1.77. The maximum absolute atomic E-state index is 14.6. The predicted octanol–water partition coefficient (Wildman–Crippen LogP) is 4.81. The van der Waals surface area contributed by atoms with Crippen molar-refractivity contribution in [2.75, 3.05) is 53.3 Å². The van der Waals surface area contributed by atoms with Crippen LogP contribution in [0.25, 0.3) is 0 Å². The number of cyclic esters (lactones) is 1. The van der Waals surface area contributed by atoms with Crippen LogP contribution in [0.3, 0.4) is 0 Å². The Morgan fingerprint density at radius 1 is 0.931 bits per heavy atom. The van der Waals surface area contributed by atoms with Crippen molar-refractivity contribution >= 4 is 17.7 Å². The number of nitrogens with zero attached hydrogens (tertiary/aromatic N) is 2. The van der Waals surface area contributed by atoms with Crippen LogP contribution in [0, 0.1) is 17.8 Å². The maximum atomic E-state index is 14.6. The number of hydrogen-bond donors (Lipinski definition) is 7. The Morgan fingerprint density at radius 3 is 2.24 bits per heavy atom. The van der Waals surface area contributed by atoms with E-state index in [0.717, 1.165) is 25.7 Å². The minimum atomic E-state index is -1.94. The highest BCUT2D eigenvalue weighted by molar-refractivity contribution is 5.89. The number of aliphatic hydroxyl groups excluding tert-OH is 3. The highest BCUT2D eigenvalue weighted by Crippen LogP contribution is 2.41. The molecule has 0 unspecified atom stereocenters. The van der Waals surface area contributed by atoms with Gasteiger partial charge in [0.15, 0.2) is 24.1 Å². The molecule has 1 aromatic rings. The highest BCUT2D eigenvalue weighted by atomic mass is 16.7. The van der Waals surface area contributed by atoms with Crippen LogP contribution < -0.4 is 20.1 Å². The van der Waals surface area contributed by atoms with Crippen LogP contribution >= 0.6 is 0 Å². The van der Waals surface area contributed by atoms with Crippen LogP contribution in [0.1, 0.15) is 127 Å². The highest BCUT2D eigenvalue weighted by Gasteiger charge is 2.53. The summed E-state index contributed by atoms with van der Waals surface area (Å²) in [6.07, 6.45) is -4.46. The number of nitrogens with one attached hydrogen (secondary N) is 2. The molecule has 1 aromatic carbocycles. The molecule has 3 heterocycles. The lowest BCUT2D eigenvalue weighted by Gasteiger charge is -2.48. The van der Waals surface area contributed by atoms with Crippen LogP contribution in [-0.4, -0.2) is 192 Å². The minimum absolute atomic E-state index is 0.0944. The monoisotopic (exact) mass is 1020 g/mol. The molecule has 0 aromatic heterocycles. The molecule has 18 atom stereocenters. The number of benzene rings is 1. The van der Waals surface area contributed by atoms with Gasteiger partial charge in [-0.1, -0.05) is 20.8 Å². The largest absolute Gasteiger partial charge is 0.493 e. The molecular formula is C53H92N4O15. The smallest absolute Gasteiger partial charge is 0.319 e. The number of likely N-dealkylation sites (N-methyl/N-ethyl adjacent to an activating group) is 1. The third-order valence-electron chi connectivity index (χ3n) is 16.0. The van der Waals surface area contributed by atoms with Crippen molar-refractivity contribution in [3.05, 3.63) is 18.2 Å². The number of esters is 1. The van der Waals surface area contributed by atoms with E-state index in [4.69, 9.17) is 37.9 Å². The van der Waals surface area contributed by atoms with E-state index in [9.17, 15) is 35.1 Å². The maximum Gasteiger partial charge on any atom is 0.319 e. The van der Waals surface area contributed by atoms with Crippen molar-refractivity contribution in [1.29, 1.82) is 0 Å². The summed E-state index contributed by atoms with van der Waals surface area (Å²) in [5.41, 5.74) is -4.13. The van der Waals surface area contributed by atoms with Crippen LogP contribution in [0.5, 0.6) is 11.5 Å². The van der Waals surface area contributed by atoms with Crippen LogP contribution in [0.2, 0.25) is 0 Å². The molecule has 2 amide bonds. The molecule has 0 bridgehead atoms. The first-order chi connectivity index (χ1) is 33.8. The van der Waals surface area contributed by atoms with E-state index in [1.54, 1.807) is 66.9 Å². The topological polar surface area (TPSA) is 240 Å². The number of methoxy groups -OCH3 is 2. The van der Waals surface area contributed by atoms with Crippen molar-refractivity contribution in [2.45, 2.75) is 223 Å². The molecule has 4 fully saturated rings. The molecule has 19 heteroatoms.